The predicted molar refractivity (Wildman–Crippen MR) is 186 cm³/mol. The van der Waals surface area contributed by atoms with Gasteiger partial charge in [-0.15, -0.1) is 0 Å². The molecular formula is C42H28N2. The molecule has 44 heavy (non-hydrogen) atoms. The van der Waals surface area contributed by atoms with Crippen LogP contribution in [0.25, 0.3) is 77.2 Å². The number of hydrogen-bond acceptors (Lipinski definition) is 0. The van der Waals surface area contributed by atoms with E-state index in [0.29, 0.717) is 0 Å². The van der Waals surface area contributed by atoms with Crippen LogP contribution < -0.4 is 0 Å². The first-order chi connectivity index (χ1) is 21.9. The molecule has 2 nitrogen and oxygen atoms in total. The molecule has 0 aliphatic rings. The highest BCUT2D eigenvalue weighted by Crippen LogP contribution is 2.43. The molecule has 0 saturated carbocycles. The topological polar surface area (TPSA) is 9.86 Å². The summed E-state index contributed by atoms with van der Waals surface area (Å²) in [6, 6.07) is 61.3. The zero-order valence-corrected chi connectivity index (χ0v) is 24.1. The van der Waals surface area contributed by atoms with Crippen LogP contribution in [0, 0.1) is 0 Å². The minimum Gasteiger partial charge on any atom is -0.309 e. The van der Waals surface area contributed by atoms with Gasteiger partial charge in [0.05, 0.1) is 22.1 Å². The van der Waals surface area contributed by atoms with Crippen molar-refractivity contribution in [3.63, 3.8) is 0 Å². The zero-order chi connectivity index (χ0) is 29.0. The maximum Gasteiger partial charge on any atom is 0.0547 e. The molecule has 0 radical (unpaired) electrons. The molecule has 0 spiro atoms. The number of fused-ring (bicyclic) bond motifs is 6. The van der Waals surface area contributed by atoms with Gasteiger partial charge in [0.25, 0.3) is 0 Å². The highest BCUT2D eigenvalue weighted by Gasteiger charge is 2.20. The molecule has 0 aliphatic carbocycles. The van der Waals surface area contributed by atoms with Gasteiger partial charge in [0.1, 0.15) is 0 Å². The van der Waals surface area contributed by atoms with Crippen molar-refractivity contribution in [2.75, 3.05) is 0 Å². The van der Waals surface area contributed by atoms with E-state index in [0.717, 1.165) is 5.69 Å². The summed E-state index contributed by atoms with van der Waals surface area (Å²) in [4.78, 5) is 0. The number of benzene rings is 7. The Morgan fingerprint density at radius 1 is 0.295 bits per heavy atom. The summed E-state index contributed by atoms with van der Waals surface area (Å²) >= 11 is 0. The van der Waals surface area contributed by atoms with E-state index in [9.17, 15) is 0 Å². The van der Waals surface area contributed by atoms with Gasteiger partial charge in [0.2, 0.25) is 0 Å². The van der Waals surface area contributed by atoms with Crippen molar-refractivity contribution in [2.45, 2.75) is 0 Å². The van der Waals surface area contributed by atoms with Gasteiger partial charge in [-0.25, -0.2) is 0 Å². The van der Waals surface area contributed by atoms with Crippen molar-refractivity contribution in [1.82, 2.24) is 9.13 Å². The molecule has 0 N–H and O–H groups in total. The van der Waals surface area contributed by atoms with Gasteiger partial charge in [-0.3, -0.25) is 0 Å². The van der Waals surface area contributed by atoms with Crippen molar-refractivity contribution in [3.05, 3.63) is 170 Å². The third-order valence-corrected chi connectivity index (χ3v) is 8.91. The van der Waals surface area contributed by atoms with E-state index in [1.807, 2.05) is 0 Å². The average Bonchev–Trinajstić information content (AvgIpc) is 3.62. The van der Waals surface area contributed by atoms with Crippen LogP contribution in [0.5, 0.6) is 0 Å². The lowest BCUT2D eigenvalue weighted by molar-refractivity contribution is 1.18. The Morgan fingerprint density at radius 2 is 0.727 bits per heavy atom. The van der Waals surface area contributed by atoms with E-state index in [4.69, 9.17) is 0 Å². The van der Waals surface area contributed by atoms with Gasteiger partial charge >= 0.3 is 0 Å². The first-order valence-corrected chi connectivity index (χ1v) is 15.1. The fraction of sp³-hybridized carbons (Fsp3) is 0. The first kappa shape index (κ1) is 24.7. The molecule has 0 fully saturated rings. The second kappa shape index (κ2) is 9.86. The lowest BCUT2D eigenvalue weighted by Crippen LogP contribution is -1.94. The standard InChI is InChI=1S/C42H28N2/c1-3-14-29(15-4-1)30-16-11-19-32(28-30)44-38-25-10-8-21-36(38)42-34(23-13-27-40(42)44)33-22-12-26-39-41(33)35-20-7-9-24-37(35)43(39)31-17-5-2-6-18-31/h1-28H. The fourth-order valence-electron chi connectivity index (χ4n) is 7.08. The predicted octanol–water partition coefficient (Wildman–Crippen LogP) is 11.2. The molecule has 9 rings (SSSR count). The third-order valence-electron chi connectivity index (χ3n) is 8.91. The number of para-hydroxylation sites is 3. The van der Waals surface area contributed by atoms with Crippen LogP contribution in [0.15, 0.2) is 170 Å². The molecule has 9 aromatic rings. The van der Waals surface area contributed by atoms with Crippen molar-refractivity contribution in [2.24, 2.45) is 0 Å². The van der Waals surface area contributed by atoms with Crippen molar-refractivity contribution in [3.8, 4) is 33.6 Å². The highest BCUT2D eigenvalue weighted by molar-refractivity contribution is 6.22. The van der Waals surface area contributed by atoms with Crippen LogP contribution in [0.4, 0.5) is 0 Å². The number of nitrogens with zero attached hydrogens (tertiary/aromatic N) is 2. The van der Waals surface area contributed by atoms with E-state index in [2.05, 4.69) is 179 Å². The molecule has 206 valence electrons. The molecule has 0 amide bonds. The van der Waals surface area contributed by atoms with Crippen LogP contribution in [0.3, 0.4) is 0 Å². The SMILES string of the molecule is c1ccc(-c2cccc(-n3c4ccccc4c4c(-c5cccc6c5c5ccccc5n6-c5ccccc5)cccc43)c2)cc1. The molecule has 7 aromatic carbocycles. The summed E-state index contributed by atoms with van der Waals surface area (Å²) < 4.78 is 4.82. The summed E-state index contributed by atoms with van der Waals surface area (Å²) in [6.07, 6.45) is 0. The maximum atomic E-state index is 2.42. The molecule has 0 bridgehead atoms. The zero-order valence-electron chi connectivity index (χ0n) is 24.1. The van der Waals surface area contributed by atoms with Gasteiger partial charge in [-0.1, -0.05) is 121 Å². The molecule has 0 saturated heterocycles. The minimum absolute atomic E-state index is 1.16. The third kappa shape index (κ3) is 3.68. The summed E-state index contributed by atoms with van der Waals surface area (Å²) in [6.45, 7) is 0. The summed E-state index contributed by atoms with van der Waals surface area (Å²) in [5.74, 6) is 0. The largest absolute Gasteiger partial charge is 0.309 e. The monoisotopic (exact) mass is 560 g/mol. The maximum absolute atomic E-state index is 2.42. The molecule has 2 aromatic heterocycles. The number of aromatic nitrogens is 2. The van der Waals surface area contributed by atoms with Crippen LogP contribution in [0.2, 0.25) is 0 Å². The molecule has 2 heteroatoms. The smallest absolute Gasteiger partial charge is 0.0547 e. The lowest BCUT2D eigenvalue weighted by Gasteiger charge is -2.12. The van der Waals surface area contributed by atoms with Gasteiger partial charge in [0.15, 0.2) is 0 Å². The lowest BCUT2D eigenvalue weighted by atomic mass is 9.95. The minimum atomic E-state index is 1.16. The van der Waals surface area contributed by atoms with Gasteiger partial charge in [-0.2, -0.15) is 0 Å². The Bertz CT molecular complexity index is 2480. The van der Waals surface area contributed by atoms with Gasteiger partial charge in [0, 0.05) is 32.9 Å². The Kier molecular flexibility index (Phi) is 5.54. The first-order valence-electron chi connectivity index (χ1n) is 15.1. The second-order valence-corrected chi connectivity index (χ2v) is 11.4. The van der Waals surface area contributed by atoms with Crippen LogP contribution in [-0.2, 0) is 0 Å². The fourth-order valence-corrected chi connectivity index (χ4v) is 7.08. The van der Waals surface area contributed by atoms with Gasteiger partial charge in [-0.05, 0) is 70.8 Å². The summed E-state index contributed by atoms with van der Waals surface area (Å²) in [7, 11) is 0. The molecule has 2 heterocycles. The second-order valence-electron chi connectivity index (χ2n) is 11.4. The van der Waals surface area contributed by atoms with E-state index in [-0.39, 0.29) is 0 Å². The summed E-state index contributed by atoms with van der Waals surface area (Å²) in [5.41, 5.74) is 12.1. The van der Waals surface area contributed by atoms with E-state index in [1.165, 1.54) is 71.6 Å². The van der Waals surface area contributed by atoms with E-state index < -0.39 is 0 Å². The van der Waals surface area contributed by atoms with E-state index >= 15 is 0 Å². The normalized spacial score (nSPS) is 11.6. The molecular weight excluding hydrogens is 532 g/mol. The van der Waals surface area contributed by atoms with Crippen molar-refractivity contribution < 1.29 is 0 Å². The Morgan fingerprint density at radius 3 is 1.34 bits per heavy atom. The quantitative estimate of drug-likeness (QED) is 0.203. The van der Waals surface area contributed by atoms with Crippen LogP contribution in [0.1, 0.15) is 0 Å². The Hall–Kier alpha value is -5.86. The summed E-state index contributed by atoms with van der Waals surface area (Å²) in [5, 5.41) is 5.07. The number of hydrogen-bond donors (Lipinski definition) is 0. The Balaban J connectivity index is 1.36. The van der Waals surface area contributed by atoms with Gasteiger partial charge < -0.3 is 9.13 Å². The van der Waals surface area contributed by atoms with Crippen molar-refractivity contribution >= 4 is 43.6 Å². The number of rotatable bonds is 4. The highest BCUT2D eigenvalue weighted by atomic mass is 15.0. The average molecular weight is 561 g/mol. The van der Waals surface area contributed by atoms with Crippen LogP contribution in [-0.4, -0.2) is 9.13 Å². The molecule has 0 unspecified atom stereocenters. The van der Waals surface area contributed by atoms with Crippen LogP contribution >= 0.6 is 0 Å². The Labute approximate surface area is 255 Å². The molecule has 0 aliphatic heterocycles. The van der Waals surface area contributed by atoms with Crippen molar-refractivity contribution in [1.29, 1.82) is 0 Å². The molecule has 0 atom stereocenters. The van der Waals surface area contributed by atoms with E-state index in [1.54, 1.807) is 0 Å².